The van der Waals surface area contributed by atoms with Gasteiger partial charge in [0.25, 0.3) is 0 Å². The molecule has 0 N–H and O–H groups in total. The van der Waals surface area contributed by atoms with Crippen LogP contribution in [0, 0.1) is 16.1 Å². The zero-order chi connectivity index (χ0) is 14.3. The molecular formula is C15H16ClI3O. The van der Waals surface area contributed by atoms with Gasteiger partial charge in [-0.25, -0.2) is 0 Å². The van der Waals surface area contributed by atoms with Crippen molar-refractivity contribution in [3.05, 3.63) is 22.8 Å². The minimum Gasteiger partial charge on any atom is -0.488 e. The predicted molar refractivity (Wildman–Crippen MR) is 109 cm³/mol. The van der Waals surface area contributed by atoms with E-state index in [2.05, 4.69) is 79.9 Å². The Bertz CT molecular complexity index is 491. The first-order valence-corrected chi connectivity index (χ1v) is 10.7. The summed E-state index contributed by atoms with van der Waals surface area (Å²) in [5.41, 5.74) is 0.245. The van der Waals surface area contributed by atoms with Gasteiger partial charge < -0.3 is 4.74 Å². The van der Waals surface area contributed by atoms with Crippen LogP contribution < -0.4 is 4.74 Å². The van der Waals surface area contributed by atoms with Crippen molar-refractivity contribution in [2.45, 2.75) is 50.0 Å². The quantitative estimate of drug-likeness (QED) is 0.280. The first-order chi connectivity index (χ1) is 9.53. The van der Waals surface area contributed by atoms with E-state index in [9.17, 15) is 0 Å². The molecule has 1 aromatic rings. The summed E-state index contributed by atoms with van der Waals surface area (Å²) in [7, 11) is 0. The van der Waals surface area contributed by atoms with Gasteiger partial charge in [-0.15, -0.1) is 11.6 Å². The van der Waals surface area contributed by atoms with E-state index >= 15 is 0 Å². The first-order valence-electron chi connectivity index (χ1n) is 6.98. The molecule has 0 heterocycles. The highest BCUT2D eigenvalue weighted by Gasteiger charge is 2.56. The maximum absolute atomic E-state index is 6.57. The summed E-state index contributed by atoms with van der Waals surface area (Å²) in [6.45, 7) is 0. The molecule has 1 nitrogen and oxygen atoms in total. The molecule has 0 bridgehead atoms. The number of alkyl halides is 1. The molecule has 2 atom stereocenters. The van der Waals surface area contributed by atoms with Crippen molar-refractivity contribution < 1.29 is 4.74 Å². The van der Waals surface area contributed by atoms with E-state index in [-0.39, 0.29) is 5.41 Å². The number of halogens is 4. The van der Waals surface area contributed by atoms with Crippen molar-refractivity contribution in [2.75, 3.05) is 0 Å². The van der Waals surface area contributed by atoms with Gasteiger partial charge in [-0.2, -0.15) is 0 Å². The topological polar surface area (TPSA) is 9.23 Å². The maximum Gasteiger partial charge on any atom is 0.146 e. The highest BCUT2D eigenvalue weighted by atomic mass is 127. The number of hydrogen-bond donors (Lipinski definition) is 0. The average Bonchev–Trinajstić information content (AvgIpc) is 2.42. The van der Waals surface area contributed by atoms with Crippen LogP contribution >= 0.6 is 79.4 Å². The van der Waals surface area contributed by atoms with E-state index in [0.29, 0.717) is 11.5 Å². The van der Waals surface area contributed by atoms with Crippen LogP contribution in [0.15, 0.2) is 12.1 Å². The van der Waals surface area contributed by atoms with Gasteiger partial charge >= 0.3 is 0 Å². The molecule has 0 aliphatic heterocycles. The largest absolute Gasteiger partial charge is 0.488 e. The summed E-state index contributed by atoms with van der Waals surface area (Å²) in [5, 5.41) is 0.312. The third kappa shape index (κ3) is 2.96. The molecular weight excluding hydrogens is 612 g/mol. The molecule has 0 aromatic heterocycles. The van der Waals surface area contributed by atoms with E-state index in [4.69, 9.17) is 16.3 Å². The summed E-state index contributed by atoms with van der Waals surface area (Å²) < 4.78 is 10.1. The smallest absolute Gasteiger partial charge is 0.146 e. The molecule has 1 aromatic carbocycles. The van der Waals surface area contributed by atoms with Gasteiger partial charge in [-0.1, -0.05) is 19.3 Å². The SMILES string of the molecule is ClC1CC(Oc2c(I)cc(I)cc2I)C12CCCCC2. The van der Waals surface area contributed by atoms with E-state index in [1.807, 2.05) is 0 Å². The monoisotopic (exact) mass is 628 g/mol. The Hall–Kier alpha value is 1.50. The fourth-order valence-electron chi connectivity index (χ4n) is 3.49. The van der Waals surface area contributed by atoms with Crippen molar-refractivity contribution in [3.8, 4) is 5.75 Å². The van der Waals surface area contributed by atoms with Crippen LogP contribution in [-0.2, 0) is 0 Å². The van der Waals surface area contributed by atoms with Gasteiger partial charge in [0.2, 0.25) is 0 Å². The Morgan fingerprint density at radius 3 is 2.20 bits per heavy atom. The first kappa shape index (κ1) is 16.4. The molecule has 0 saturated heterocycles. The minimum atomic E-state index is 0.245. The molecule has 0 radical (unpaired) electrons. The molecule has 5 heteroatoms. The summed E-state index contributed by atoms with van der Waals surface area (Å²) in [6.07, 6.45) is 7.77. The molecule has 2 aliphatic carbocycles. The lowest BCUT2D eigenvalue weighted by atomic mass is 9.58. The second-order valence-corrected chi connectivity index (χ2v) is 9.90. The highest BCUT2D eigenvalue weighted by Crippen LogP contribution is 2.56. The third-order valence-corrected chi connectivity index (χ3v) is 7.53. The zero-order valence-corrected chi connectivity index (χ0v) is 18.2. The fraction of sp³-hybridized carbons (Fsp3) is 0.600. The van der Waals surface area contributed by atoms with Gasteiger partial charge in [0.1, 0.15) is 11.9 Å². The summed E-state index contributed by atoms with van der Waals surface area (Å²) in [4.78, 5) is 0. The third-order valence-electron chi connectivity index (χ3n) is 4.69. The maximum atomic E-state index is 6.57. The Morgan fingerprint density at radius 2 is 1.65 bits per heavy atom. The zero-order valence-electron chi connectivity index (χ0n) is 11.0. The molecule has 2 aliphatic rings. The summed E-state index contributed by atoms with van der Waals surface area (Å²) >= 11 is 13.7. The van der Waals surface area contributed by atoms with Crippen LogP contribution in [0.25, 0.3) is 0 Å². The standard InChI is InChI=1S/C15H16ClI3O/c16-12-8-13(15(12)4-2-1-3-5-15)20-14-10(18)6-9(17)7-11(14)19/h6-7,12-13H,1-5,8H2. The Labute approximate surface area is 166 Å². The van der Waals surface area contributed by atoms with Gasteiger partial charge in [0.15, 0.2) is 0 Å². The van der Waals surface area contributed by atoms with Crippen molar-refractivity contribution in [1.29, 1.82) is 0 Å². The number of hydrogen-bond acceptors (Lipinski definition) is 1. The van der Waals surface area contributed by atoms with E-state index in [1.165, 1.54) is 42.8 Å². The lowest BCUT2D eigenvalue weighted by Gasteiger charge is -2.55. The van der Waals surface area contributed by atoms with Gasteiger partial charge in [0.05, 0.1) is 7.14 Å². The number of ether oxygens (including phenoxy) is 1. The van der Waals surface area contributed by atoms with Crippen molar-refractivity contribution in [3.63, 3.8) is 0 Å². The van der Waals surface area contributed by atoms with Gasteiger partial charge in [-0.3, -0.25) is 0 Å². The van der Waals surface area contributed by atoms with E-state index in [0.717, 1.165) is 12.2 Å². The molecule has 110 valence electrons. The van der Waals surface area contributed by atoms with Crippen molar-refractivity contribution >= 4 is 79.4 Å². The van der Waals surface area contributed by atoms with Crippen LogP contribution in [0.1, 0.15) is 38.5 Å². The number of benzene rings is 1. The Balaban J connectivity index is 1.82. The molecule has 1 spiro atoms. The van der Waals surface area contributed by atoms with E-state index < -0.39 is 0 Å². The van der Waals surface area contributed by atoms with E-state index in [1.54, 1.807) is 0 Å². The Kier molecular flexibility index (Phi) is 5.36. The average molecular weight is 628 g/mol. The van der Waals surface area contributed by atoms with Crippen LogP contribution in [0.5, 0.6) is 5.75 Å². The van der Waals surface area contributed by atoms with Crippen LogP contribution in [0.2, 0.25) is 0 Å². The highest BCUT2D eigenvalue weighted by molar-refractivity contribution is 14.1. The second kappa shape index (κ2) is 6.55. The summed E-state index contributed by atoms with van der Waals surface area (Å²) in [6, 6.07) is 4.37. The van der Waals surface area contributed by atoms with Crippen molar-refractivity contribution in [2.24, 2.45) is 5.41 Å². The van der Waals surface area contributed by atoms with Crippen LogP contribution in [0.4, 0.5) is 0 Å². The summed E-state index contributed by atoms with van der Waals surface area (Å²) in [5.74, 6) is 1.06. The normalized spacial score (nSPS) is 28.2. The fourth-order valence-corrected chi connectivity index (χ4v) is 7.85. The molecule has 3 rings (SSSR count). The minimum absolute atomic E-state index is 0.245. The lowest BCUT2D eigenvalue weighted by Crippen LogP contribution is -2.58. The number of rotatable bonds is 2. The van der Waals surface area contributed by atoms with Crippen molar-refractivity contribution in [1.82, 2.24) is 0 Å². The predicted octanol–water partition coefficient (Wildman–Crippen LogP) is 6.21. The van der Waals surface area contributed by atoms with Gasteiger partial charge in [0, 0.05) is 20.8 Å². The van der Waals surface area contributed by atoms with Crippen LogP contribution in [0.3, 0.4) is 0 Å². The molecule has 2 unspecified atom stereocenters. The van der Waals surface area contributed by atoms with Crippen LogP contribution in [-0.4, -0.2) is 11.5 Å². The molecule has 0 amide bonds. The Morgan fingerprint density at radius 1 is 1.05 bits per heavy atom. The van der Waals surface area contributed by atoms with Gasteiger partial charge in [-0.05, 0) is 92.7 Å². The molecule has 20 heavy (non-hydrogen) atoms. The molecule has 2 fully saturated rings. The molecule has 2 saturated carbocycles. The second-order valence-electron chi connectivity index (χ2n) is 5.80. The lowest BCUT2D eigenvalue weighted by molar-refractivity contribution is -0.0658.